The maximum absolute atomic E-state index is 13.0. The van der Waals surface area contributed by atoms with Crippen molar-refractivity contribution < 1.29 is 19.7 Å². The first-order chi connectivity index (χ1) is 16.6. The van der Waals surface area contributed by atoms with Crippen LogP contribution >= 0.6 is 0 Å². The number of phenols is 1. The van der Waals surface area contributed by atoms with Gasteiger partial charge in [0.05, 0.1) is 18.0 Å². The molecule has 7 nitrogen and oxygen atoms in total. The predicted molar refractivity (Wildman–Crippen MR) is 138 cm³/mol. The summed E-state index contributed by atoms with van der Waals surface area (Å²) in [7, 11) is 1.00. The maximum atomic E-state index is 13.0. The molecule has 3 aliphatic rings. The van der Waals surface area contributed by atoms with Crippen molar-refractivity contribution in [2.24, 2.45) is 0 Å². The number of aliphatic hydroxyl groups is 1. The van der Waals surface area contributed by atoms with Crippen LogP contribution < -0.4 is 10.9 Å². The number of pyridine rings is 1. The first-order valence-corrected chi connectivity index (χ1v) is 12.2. The number of carbonyl (C=O) groups is 1. The van der Waals surface area contributed by atoms with Gasteiger partial charge in [-0.2, -0.15) is 0 Å². The van der Waals surface area contributed by atoms with Crippen LogP contribution in [0, 0.1) is 0 Å². The van der Waals surface area contributed by atoms with Crippen LogP contribution in [-0.2, 0) is 29.1 Å². The zero-order chi connectivity index (χ0) is 26.0. The van der Waals surface area contributed by atoms with E-state index < -0.39 is 0 Å². The van der Waals surface area contributed by atoms with Gasteiger partial charge in [0.25, 0.3) is 5.56 Å². The molecule has 0 fully saturated rings. The monoisotopic (exact) mass is 472 g/mol. The molecule has 188 valence electrons. The molecule has 5 rings (SSSR count). The van der Waals surface area contributed by atoms with Gasteiger partial charge in [0, 0.05) is 30.6 Å². The average molecular weight is 473 g/mol. The zero-order valence-corrected chi connectivity index (χ0v) is 21.8. The SMILES string of the molecule is CC.CC.CC.CCC1=C2Cn3c(cc4c(c3=O)COC(=O)C4)C2Nc2ccc(O)cc21.CO. The van der Waals surface area contributed by atoms with Gasteiger partial charge in [-0.3, -0.25) is 9.59 Å². The molecule has 34 heavy (non-hydrogen) atoms. The van der Waals surface area contributed by atoms with Crippen molar-refractivity contribution in [1.82, 2.24) is 4.57 Å². The van der Waals surface area contributed by atoms with Crippen molar-refractivity contribution >= 4 is 17.2 Å². The van der Waals surface area contributed by atoms with Gasteiger partial charge in [-0.1, -0.05) is 48.5 Å². The molecule has 0 aliphatic carbocycles. The van der Waals surface area contributed by atoms with Crippen molar-refractivity contribution in [3.63, 3.8) is 0 Å². The Balaban J connectivity index is 0.000000659. The third-order valence-electron chi connectivity index (χ3n) is 5.58. The van der Waals surface area contributed by atoms with E-state index in [0.29, 0.717) is 12.1 Å². The molecular formula is C27H40N2O5. The second-order valence-electron chi connectivity index (χ2n) is 6.97. The van der Waals surface area contributed by atoms with E-state index in [0.717, 1.165) is 47.2 Å². The minimum atomic E-state index is -0.290. The van der Waals surface area contributed by atoms with E-state index in [9.17, 15) is 14.7 Å². The lowest BCUT2D eigenvalue weighted by Crippen LogP contribution is -2.30. The lowest BCUT2D eigenvalue weighted by Gasteiger charge is -2.28. The Morgan fingerprint density at radius 2 is 1.71 bits per heavy atom. The normalized spacial score (nSPS) is 15.9. The molecule has 7 heteroatoms. The summed E-state index contributed by atoms with van der Waals surface area (Å²) in [5.74, 6) is -0.0587. The Bertz CT molecular complexity index is 1070. The fourth-order valence-corrected chi connectivity index (χ4v) is 4.36. The molecule has 1 aromatic carbocycles. The molecule has 1 atom stereocenters. The number of aromatic hydroxyl groups is 1. The number of benzene rings is 1. The molecule has 0 spiro atoms. The summed E-state index contributed by atoms with van der Waals surface area (Å²) in [5, 5.41) is 20.4. The van der Waals surface area contributed by atoms with E-state index in [1.54, 1.807) is 16.7 Å². The first kappa shape index (κ1) is 29.0. The summed E-state index contributed by atoms with van der Waals surface area (Å²) >= 11 is 0. The van der Waals surface area contributed by atoms with Crippen molar-refractivity contribution in [2.45, 2.75) is 80.5 Å². The molecular weight excluding hydrogens is 432 g/mol. The van der Waals surface area contributed by atoms with E-state index in [2.05, 4.69) is 12.2 Å². The Hall–Kier alpha value is -3.06. The summed E-state index contributed by atoms with van der Waals surface area (Å²) < 4.78 is 6.85. The number of phenolic OH excluding ortho intramolecular Hbond substituents is 1. The number of aliphatic hydroxyl groups excluding tert-OH is 1. The Kier molecular flexibility index (Phi) is 11.6. The number of ether oxygens (including phenoxy) is 1. The van der Waals surface area contributed by atoms with Crippen LogP contribution in [-0.4, -0.2) is 27.9 Å². The highest BCUT2D eigenvalue weighted by atomic mass is 16.5. The molecule has 3 aliphatic heterocycles. The second-order valence-corrected chi connectivity index (χ2v) is 6.97. The number of hydrogen-bond donors (Lipinski definition) is 3. The number of fused-ring (bicyclic) bond motifs is 5. The van der Waals surface area contributed by atoms with Crippen LogP contribution in [0.1, 0.15) is 83.3 Å². The summed E-state index contributed by atoms with van der Waals surface area (Å²) in [6.45, 7) is 14.7. The van der Waals surface area contributed by atoms with Crippen molar-refractivity contribution in [3.05, 3.63) is 62.6 Å². The van der Waals surface area contributed by atoms with E-state index in [4.69, 9.17) is 9.84 Å². The molecule has 0 saturated carbocycles. The maximum Gasteiger partial charge on any atom is 0.310 e. The van der Waals surface area contributed by atoms with E-state index >= 15 is 0 Å². The smallest absolute Gasteiger partial charge is 0.310 e. The third-order valence-corrected chi connectivity index (χ3v) is 5.58. The molecule has 2 aromatic rings. The minimum absolute atomic E-state index is 0.0547. The summed E-state index contributed by atoms with van der Waals surface area (Å²) in [6.07, 6.45) is 0.962. The largest absolute Gasteiger partial charge is 0.508 e. The summed E-state index contributed by atoms with van der Waals surface area (Å²) in [4.78, 5) is 24.6. The number of cyclic esters (lactones) is 1. The molecule has 0 saturated heterocycles. The number of aromatic nitrogens is 1. The summed E-state index contributed by atoms with van der Waals surface area (Å²) in [5.41, 5.74) is 6.43. The molecule has 1 unspecified atom stereocenters. The van der Waals surface area contributed by atoms with Crippen LogP contribution in [0.4, 0.5) is 5.69 Å². The fourth-order valence-electron chi connectivity index (χ4n) is 4.36. The highest BCUT2D eigenvalue weighted by molar-refractivity contribution is 5.84. The van der Waals surface area contributed by atoms with Crippen LogP contribution in [0.5, 0.6) is 5.75 Å². The van der Waals surface area contributed by atoms with Gasteiger partial charge in [-0.15, -0.1) is 0 Å². The Labute approximate surface area is 203 Å². The quantitative estimate of drug-likeness (QED) is 0.390. The van der Waals surface area contributed by atoms with E-state index in [1.165, 1.54) is 0 Å². The summed E-state index contributed by atoms with van der Waals surface area (Å²) in [6, 6.07) is 7.19. The molecule has 0 bridgehead atoms. The zero-order valence-electron chi connectivity index (χ0n) is 21.8. The number of anilines is 1. The lowest BCUT2D eigenvalue weighted by molar-refractivity contribution is -0.145. The van der Waals surface area contributed by atoms with Crippen LogP contribution in [0.15, 0.2) is 34.6 Å². The third kappa shape index (κ3) is 5.36. The number of nitrogens with zero attached hydrogens (tertiary/aromatic N) is 1. The first-order valence-electron chi connectivity index (χ1n) is 12.2. The molecule has 3 N–H and O–H groups in total. The second kappa shape index (κ2) is 13.6. The Morgan fingerprint density at radius 1 is 1.06 bits per heavy atom. The molecule has 4 heterocycles. The number of carbonyl (C=O) groups excluding carboxylic acids is 1. The van der Waals surface area contributed by atoms with Gasteiger partial charge in [0.1, 0.15) is 12.4 Å². The number of allylic oxidation sites excluding steroid dienone is 1. The number of hydrogen-bond acceptors (Lipinski definition) is 6. The van der Waals surface area contributed by atoms with Gasteiger partial charge in [-0.05, 0) is 47.4 Å². The van der Waals surface area contributed by atoms with Gasteiger partial charge < -0.3 is 24.8 Å². The number of rotatable bonds is 1. The highest BCUT2D eigenvalue weighted by Crippen LogP contribution is 2.46. The van der Waals surface area contributed by atoms with Crippen LogP contribution in [0.3, 0.4) is 0 Å². The van der Waals surface area contributed by atoms with Gasteiger partial charge in [-0.25, -0.2) is 0 Å². The van der Waals surface area contributed by atoms with Crippen molar-refractivity contribution in [2.75, 3.05) is 12.4 Å². The van der Waals surface area contributed by atoms with E-state index in [1.807, 2.05) is 53.7 Å². The minimum Gasteiger partial charge on any atom is -0.508 e. The Morgan fingerprint density at radius 3 is 2.32 bits per heavy atom. The van der Waals surface area contributed by atoms with Gasteiger partial charge in [0.2, 0.25) is 0 Å². The van der Waals surface area contributed by atoms with Gasteiger partial charge in [0.15, 0.2) is 0 Å². The fraction of sp³-hybridized carbons (Fsp3) is 0.481. The average Bonchev–Trinajstić information content (AvgIpc) is 3.25. The van der Waals surface area contributed by atoms with E-state index in [-0.39, 0.29) is 36.3 Å². The van der Waals surface area contributed by atoms with Crippen molar-refractivity contribution in [3.8, 4) is 5.75 Å². The van der Waals surface area contributed by atoms with Crippen LogP contribution in [0.25, 0.3) is 5.57 Å². The van der Waals surface area contributed by atoms with Crippen molar-refractivity contribution in [1.29, 1.82) is 0 Å². The molecule has 0 amide bonds. The number of esters is 1. The molecule has 0 radical (unpaired) electrons. The molecule has 1 aromatic heterocycles. The highest BCUT2D eigenvalue weighted by Gasteiger charge is 2.36. The van der Waals surface area contributed by atoms with Crippen LogP contribution in [0.2, 0.25) is 0 Å². The predicted octanol–water partition coefficient (Wildman–Crippen LogP) is 5.18. The standard InChI is InChI=1S/C20H18N2O4.3C2H6.CH4O/c1-2-12-13-7-11(23)3-4-16(13)21-19-14(12)8-22-17(19)5-10-6-18(24)26-9-15(10)20(22)25;4*1-2/h3-5,7,19,21,23H,2,6,8-9H2,1H3;3*1-2H3;2H,1H3. The number of nitrogens with one attached hydrogen (secondary N) is 1. The van der Waals surface area contributed by atoms with Gasteiger partial charge >= 0.3 is 5.97 Å². The lowest BCUT2D eigenvalue weighted by atomic mass is 9.88. The topological polar surface area (TPSA) is 101 Å².